The number of methoxy groups -OCH3 is 4. The highest BCUT2D eigenvalue weighted by molar-refractivity contribution is 7.93. The van der Waals surface area contributed by atoms with Crippen LogP contribution in [0.15, 0.2) is 36.4 Å². The van der Waals surface area contributed by atoms with Crippen LogP contribution in [0, 0.1) is 0 Å². The predicted octanol–water partition coefficient (Wildman–Crippen LogP) is 4.47. The minimum atomic E-state index is -4.35. The van der Waals surface area contributed by atoms with E-state index in [2.05, 4.69) is 0 Å². The van der Waals surface area contributed by atoms with Crippen LogP contribution < -0.4 is 18.9 Å². The lowest BCUT2D eigenvalue weighted by atomic mass is 10.2. The van der Waals surface area contributed by atoms with Gasteiger partial charge in [-0.3, -0.25) is 14.2 Å². The summed E-state index contributed by atoms with van der Waals surface area (Å²) in [5.74, 6) is 0.746. The van der Waals surface area contributed by atoms with Crippen molar-refractivity contribution in [3.63, 3.8) is 0 Å². The Balaban J connectivity index is 2.26. The summed E-state index contributed by atoms with van der Waals surface area (Å²) in [6.45, 7) is 0.730. The first-order valence-corrected chi connectivity index (χ1v) is 12.0. The summed E-state index contributed by atoms with van der Waals surface area (Å²) in [6.07, 6.45) is 2.40. The molecule has 0 atom stereocenters. The van der Waals surface area contributed by atoms with Crippen LogP contribution in [0.4, 0.5) is 0 Å². The standard InChI is InChI=1S/C23H28NO7P/c1-28-16-10-8-11-17(29-2)20(16)22(25)32(27,24-14-6-5-7-15-24)23(26)21-18(30-3)12-9-13-19(21)31-4/h8-13H,5-7,14-15H2,1-4H3. The fourth-order valence-electron chi connectivity index (χ4n) is 3.94. The second kappa shape index (κ2) is 10.2. The molecule has 0 N–H and O–H groups in total. The van der Waals surface area contributed by atoms with Gasteiger partial charge in [-0.2, -0.15) is 0 Å². The van der Waals surface area contributed by atoms with E-state index in [1.807, 2.05) is 0 Å². The van der Waals surface area contributed by atoms with Gasteiger partial charge in [-0.25, -0.2) is 4.67 Å². The van der Waals surface area contributed by atoms with Gasteiger partial charge in [-0.15, -0.1) is 0 Å². The third-order valence-corrected chi connectivity index (χ3v) is 8.31. The molecule has 1 fully saturated rings. The van der Waals surface area contributed by atoms with Gasteiger partial charge in [-0.1, -0.05) is 18.6 Å². The van der Waals surface area contributed by atoms with Gasteiger partial charge >= 0.3 is 0 Å². The molecule has 0 radical (unpaired) electrons. The first kappa shape index (κ1) is 23.8. The van der Waals surface area contributed by atoms with Gasteiger partial charge in [0.2, 0.25) is 0 Å². The molecular formula is C23H28NO7P. The minimum absolute atomic E-state index is 0.0198. The maximum Gasteiger partial charge on any atom is 0.286 e. The normalized spacial score (nSPS) is 14.5. The second-order valence-corrected chi connectivity index (χ2v) is 9.81. The quantitative estimate of drug-likeness (QED) is 0.506. The van der Waals surface area contributed by atoms with Gasteiger partial charge in [0.1, 0.15) is 34.1 Å². The number of hydrogen-bond donors (Lipinski definition) is 0. The zero-order valence-electron chi connectivity index (χ0n) is 18.8. The number of carbonyl (C=O) groups excluding carboxylic acids is 2. The van der Waals surface area contributed by atoms with E-state index in [0.29, 0.717) is 13.1 Å². The van der Waals surface area contributed by atoms with E-state index in [0.717, 1.165) is 19.3 Å². The Morgan fingerprint density at radius 1 is 0.688 bits per heavy atom. The highest BCUT2D eigenvalue weighted by Crippen LogP contribution is 2.59. The second-order valence-electron chi connectivity index (χ2n) is 7.28. The minimum Gasteiger partial charge on any atom is -0.496 e. The first-order chi connectivity index (χ1) is 15.4. The molecule has 0 bridgehead atoms. The predicted molar refractivity (Wildman–Crippen MR) is 121 cm³/mol. The Morgan fingerprint density at radius 2 is 1.03 bits per heavy atom. The maximum atomic E-state index is 14.6. The van der Waals surface area contributed by atoms with Crippen LogP contribution in [0.2, 0.25) is 0 Å². The lowest BCUT2D eigenvalue weighted by molar-refractivity contribution is 0.101. The van der Waals surface area contributed by atoms with Crippen molar-refractivity contribution < 1.29 is 33.1 Å². The lowest BCUT2D eigenvalue weighted by Crippen LogP contribution is -2.33. The van der Waals surface area contributed by atoms with Crippen LogP contribution >= 0.6 is 7.29 Å². The van der Waals surface area contributed by atoms with Crippen molar-refractivity contribution in [1.82, 2.24) is 4.67 Å². The topological polar surface area (TPSA) is 91.4 Å². The summed E-state index contributed by atoms with van der Waals surface area (Å²) in [4.78, 5) is 27.9. The Bertz CT molecular complexity index is 931. The fraction of sp³-hybridized carbons (Fsp3) is 0.391. The molecule has 0 aromatic heterocycles. The van der Waals surface area contributed by atoms with Gasteiger partial charge in [0, 0.05) is 13.1 Å². The Labute approximate surface area is 187 Å². The summed E-state index contributed by atoms with van der Waals surface area (Å²) in [6, 6.07) is 9.61. The first-order valence-electron chi connectivity index (χ1n) is 10.3. The van der Waals surface area contributed by atoms with Gasteiger partial charge in [0.25, 0.3) is 18.3 Å². The Morgan fingerprint density at radius 3 is 1.34 bits per heavy atom. The molecule has 2 aromatic rings. The van der Waals surface area contributed by atoms with Crippen molar-refractivity contribution in [2.45, 2.75) is 19.3 Å². The zero-order valence-corrected chi connectivity index (χ0v) is 19.6. The number of nitrogens with zero attached hydrogens (tertiary/aromatic N) is 1. The fourth-order valence-corrected chi connectivity index (χ4v) is 6.53. The smallest absolute Gasteiger partial charge is 0.286 e. The maximum absolute atomic E-state index is 14.6. The molecule has 1 aliphatic heterocycles. The van der Waals surface area contributed by atoms with Crippen molar-refractivity contribution in [2.24, 2.45) is 0 Å². The van der Waals surface area contributed by atoms with Crippen molar-refractivity contribution in [3.8, 4) is 23.0 Å². The van der Waals surface area contributed by atoms with Gasteiger partial charge in [-0.05, 0) is 37.1 Å². The van der Waals surface area contributed by atoms with Crippen molar-refractivity contribution in [1.29, 1.82) is 0 Å². The van der Waals surface area contributed by atoms with Crippen LogP contribution in [0.3, 0.4) is 0 Å². The largest absolute Gasteiger partial charge is 0.496 e. The highest BCUT2D eigenvalue weighted by Gasteiger charge is 2.50. The van der Waals surface area contributed by atoms with Crippen molar-refractivity contribution in [3.05, 3.63) is 47.5 Å². The summed E-state index contributed by atoms with van der Waals surface area (Å²) in [5, 5.41) is 0. The molecule has 0 amide bonds. The SMILES string of the molecule is COc1cccc(OC)c1C(=O)P(=O)(C(=O)c1c(OC)cccc1OC)N1CCCCC1. The molecule has 0 aliphatic carbocycles. The Kier molecular flexibility index (Phi) is 7.59. The van der Waals surface area contributed by atoms with Gasteiger partial charge in [0.15, 0.2) is 0 Å². The van der Waals surface area contributed by atoms with E-state index in [1.54, 1.807) is 36.4 Å². The van der Waals surface area contributed by atoms with Crippen LogP contribution in [-0.4, -0.2) is 57.2 Å². The number of benzene rings is 2. The average molecular weight is 461 g/mol. The van der Waals surface area contributed by atoms with Crippen molar-refractivity contribution >= 4 is 18.3 Å². The van der Waals surface area contributed by atoms with Crippen LogP contribution in [-0.2, 0) is 4.57 Å². The van der Waals surface area contributed by atoms with E-state index < -0.39 is 18.3 Å². The van der Waals surface area contributed by atoms with E-state index >= 15 is 0 Å². The third-order valence-electron chi connectivity index (χ3n) is 5.56. The van der Waals surface area contributed by atoms with Crippen LogP contribution in [0.5, 0.6) is 23.0 Å². The Hall–Kier alpha value is -2.83. The summed E-state index contributed by atoms with van der Waals surface area (Å²) >= 11 is 0. The van der Waals surface area contributed by atoms with E-state index in [1.165, 1.54) is 33.1 Å². The third kappa shape index (κ3) is 4.12. The molecule has 1 saturated heterocycles. The van der Waals surface area contributed by atoms with Gasteiger partial charge in [0.05, 0.1) is 28.4 Å². The molecule has 1 aliphatic rings. The molecule has 0 unspecified atom stereocenters. The van der Waals surface area contributed by atoms with Crippen LogP contribution in [0.1, 0.15) is 40.0 Å². The van der Waals surface area contributed by atoms with E-state index in [4.69, 9.17) is 18.9 Å². The summed E-state index contributed by atoms with van der Waals surface area (Å²) < 4.78 is 37.6. The molecule has 1 heterocycles. The molecule has 3 rings (SSSR count). The zero-order chi connectivity index (χ0) is 23.3. The summed E-state index contributed by atoms with van der Waals surface area (Å²) in [5.41, 5.74) is -1.69. The number of piperidine rings is 1. The van der Waals surface area contributed by atoms with Crippen molar-refractivity contribution in [2.75, 3.05) is 41.5 Å². The average Bonchev–Trinajstić information content (AvgIpc) is 2.86. The highest BCUT2D eigenvalue weighted by atomic mass is 31.2. The number of carbonyl (C=O) groups is 2. The lowest BCUT2D eigenvalue weighted by Gasteiger charge is -2.33. The molecule has 9 heteroatoms. The molecule has 2 aromatic carbocycles. The molecule has 32 heavy (non-hydrogen) atoms. The molecule has 0 spiro atoms. The van der Waals surface area contributed by atoms with E-state index in [-0.39, 0.29) is 34.1 Å². The van der Waals surface area contributed by atoms with Crippen LogP contribution in [0.25, 0.3) is 0 Å². The number of ether oxygens (including phenoxy) is 4. The monoisotopic (exact) mass is 461 g/mol. The number of hydrogen-bond acceptors (Lipinski definition) is 7. The van der Waals surface area contributed by atoms with Gasteiger partial charge < -0.3 is 18.9 Å². The molecule has 172 valence electrons. The molecule has 0 saturated carbocycles. The van der Waals surface area contributed by atoms with E-state index in [9.17, 15) is 14.2 Å². The molecular weight excluding hydrogens is 433 g/mol. The summed E-state index contributed by atoms with van der Waals surface area (Å²) in [7, 11) is 1.28. The molecule has 8 nitrogen and oxygen atoms in total. The number of rotatable bonds is 9.